The average molecular weight is 427 g/mol. The van der Waals surface area contributed by atoms with Gasteiger partial charge in [0.2, 0.25) is 0 Å². The maximum atomic E-state index is 14.5. The van der Waals surface area contributed by atoms with Crippen molar-refractivity contribution in [3.8, 4) is 11.1 Å². The molecule has 10 atom stereocenters. The molecule has 1 spiro atoms. The fraction of sp³-hybridized carbons (Fsp3) is 0.533. The van der Waals surface area contributed by atoms with E-state index in [1.807, 2.05) is 12.1 Å². The van der Waals surface area contributed by atoms with Gasteiger partial charge in [0.05, 0.1) is 0 Å². The van der Waals surface area contributed by atoms with Crippen molar-refractivity contribution in [3.63, 3.8) is 0 Å². The van der Waals surface area contributed by atoms with Crippen molar-refractivity contribution in [2.45, 2.75) is 37.5 Å². The SMILES string of the molecule is Fc1ccc2c(c1)C1(CC3C(C1)C1CC3C3CC4C5C=CC(C5)C4C13)c1cc(F)ccc1-2. The van der Waals surface area contributed by atoms with Gasteiger partial charge in [-0.1, -0.05) is 24.3 Å². The molecule has 5 fully saturated rings. The van der Waals surface area contributed by atoms with Crippen LogP contribution in [0.1, 0.15) is 43.2 Å². The van der Waals surface area contributed by atoms with E-state index in [4.69, 9.17) is 0 Å². The topological polar surface area (TPSA) is 0 Å². The Labute approximate surface area is 188 Å². The van der Waals surface area contributed by atoms with E-state index >= 15 is 0 Å². The molecule has 0 saturated heterocycles. The first-order chi connectivity index (χ1) is 15.6. The maximum Gasteiger partial charge on any atom is 0.123 e. The highest BCUT2D eigenvalue weighted by Crippen LogP contribution is 2.76. The summed E-state index contributed by atoms with van der Waals surface area (Å²) in [6.07, 6.45) is 11.6. The standard InChI is InChI=1S/C30H28F2/c31-16-3-5-18-19-6-4-17(32)9-27(19)30(26(18)8-16)12-24-21-11-23(25(24)13-30)29-22(21)10-20-14-1-2-15(7-14)28(20)29/h1-6,8-9,14-15,20-25,28-29H,7,10-13H2. The monoisotopic (exact) mass is 426 g/mol. The molecule has 7 aliphatic carbocycles. The van der Waals surface area contributed by atoms with E-state index in [1.54, 1.807) is 24.3 Å². The van der Waals surface area contributed by atoms with E-state index in [0.29, 0.717) is 0 Å². The van der Waals surface area contributed by atoms with Crippen LogP contribution in [0.3, 0.4) is 0 Å². The van der Waals surface area contributed by atoms with Crippen molar-refractivity contribution in [3.05, 3.63) is 71.3 Å². The molecule has 7 aliphatic rings. The predicted molar refractivity (Wildman–Crippen MR) is 120 cm³/mol. The Balaban J connectivity index is 1.17. The number of benzene rings is 2. The average Bonchev–Trinajstić information content (AvgIpc) is 3.60. The summed E-state index contributed by atoms with van der Waals surface area (Å²) in [4.78, 5) is 0. The first-order valence-corrected chi connectivity index (χ1v) is 12.9. The van der Waals surface area contributed by atoms with E-state index in [0.717, 1.165) is 94.3 Å². The molecule has 0 N–H and O–H groups in total. The van der Waals surface area contributed by atoms with Crippen LogP contribution in [0.4, 0.5) is 8.78 Å². The number of hydrogen-bond acceptors (Lipinski definition) is 0. The van der Waals surface area contributed by atoms with Crippen LogP contribution in [-0.4, -0.2) is 0 Å². The van der Waals surface area contributed by atoms with Gasteiger partial charge in [-0.15, -0.1) is 0 Å². The smallest absolute Gasteiger partial charge is 0.123 e. The third-order valence-corrected chi connectivity index (χ3v) is 11.9. The van der Waals surface area contributed by atoms with Crippen molar-refractivity contribution in [1.82, 2.24) is 0 Å². The molecule has 0 aromatic heterocycles. The van der Waals surface area contributed by atoms with Gasteiger partial charge in [-0.3, -0.25) is 0 Å². The van der Waals surface area contributed by atoms with Gasteiger partial charge < -0.3 is 0 Å². The van der Waals surface area contributed by atoms with Crippen molar-refractivity contribution in [2.75, 3.05) is 0 Å². The Morgan fingerprint density at radius 2 is 1.19 bits per heavy atom. The normalized spacial score (nSPS) is 46.6. The molecular formula is C30H28F2. The summed E-state index contributed by atoms with van der Waals surface area (Å²) >= 11 is 0. The lowest BCUT2D eigenvalue weighted by Gasteiger charge is -2.38. The van der Waals surface area contributed by atoms with Crippen LogP contribution in [0.5, 0.6) is 0 Å². The summed E-state index contributed by atoms with van der Waals surface area (Å²) in [7, 11) is 0. The van der Waals surface area contributed by atoms with Gasteiger partial charge >= 0.3 is 0 Å². The van der Waals surface area contributed by atoms with Gasteiger partial charge in [-0.2, -0.15) is 0 Å². The van der Waals surface area contributed by atoms with E-state index in [-0.39, 0.29) is 17.0 Å². The predicted octanol–water partition coefficient (Wildman–Crippen LogP) is 6.98. The highest BCUT2D eigenvalue weighted by Gasteiger charge is 2.70. The first-order valence-electron chi connectivity index (χ1n) is 12.9. The van der Waals surface area contributed by atoms with Crippen LogP contribution < -0.4 is 0 Å². The zero-order chi connectivity index (χ0) is 20.9. The molecule has 5 saturated carbocycles. The molecule has 4 bridgehead atoms. The van der Waals surface area contributed by atoms with Gasteiger partial charge in [0, 0.05) is 5.41 Å². The Kier molecular flexibility index (Phi) is 2.95. The fourth-order valence-electron chi connectivity index (χ4n) is 11.3. The molecular weight excluding hydrogens is 398 g/mol. The zero-order valence-corrected chi connectivity index (χ0v) is 18.2. The molecule has 2 heteroatoms. The minimum atomic E-state index is -0.173. The van der Waals surface area contributed by atoms with Crippen LogP contribution in [0, 0.1) is 70.8 Å². The Morgan fingerprint density at radius 3 is 1.91 bits per heavy atom. The minimum Gasteiger partial charge on any atom is -0.207 e. The van der Waals surface area contributed by atoms with Crippen molar-refractivity contribution < 1.29 is 8.78 Å². The summed E-state index contributed by atoms with van der Waals surface area (Å²) < 4.78 is 29.0. The summed E-state index contributed by atoms with van der Waals surface area (Å²) in [5.41, 5.74) is 4.42. The Hall–Kier alpha value is -1.96. The minimum absolute atomic E-state index is 0.148. The second kappa shape index (κ2) is 5.40. The fourth-order valence-corrected chi connectivity index (χ4v) is 11.3. The maximum absolute atomic E-state index is 14.5. The largest absolute Gasteiger partial charge is 0.207 e. The molecule has 9 rings (SSSR count). The second-order valence-electron chi connectivity index (χ2n) is 12.4. The third kappa shape index (κ3) is 1.79. The van der Waals surface area contributed by atoms with Gasteiger partial charge in [0.1, 0.15) is 11.6 Å². The van der Waals surface area contributed by atoms with Crippen molar-refractivity contribution >= 4 is 0 Å². The van der Waals surface area contributed by atoms with Gasteiger partial charge in [0.15, 0.2) is 0 Å². The molecule has 32 heavy (non-hydrogen) atoms. The lowest BCUT2D eigenvalue weighted by atomic mass is 9.67. The number of allylic oxidation sites excluding steroid dienone is 2. The second-order valence-corrected chi connectivity index (χ2v) is 12.4. The summed E-state index contributed by atoms with van der Waals surface area (Å²) in [6.45, 7) is 0. The molecule has 0 heterocycles. The molecule has 0 amide bonds. The molecule has 2 aromatic rings. The van der Waals surface area contributed by atoms with E-state index in [1.165, 1.54) is 19.3 Å². The van der Waals surface area contributed by atoms with Crippen LogP contribution in [0.25, 0.3) is 11.1 Å². The quantitative estimate of drug-likeness (QED) is 0.399. The van der Waals surface area contributed by atoms with Crippen LogP contribution in [0.15, 0.2) is 48.6 Å². The number of fused-ring (bicyclic) bond motifs is 19. The van der Waals surface area contributed by atoms with Gasteiger partial charge in [0.25, 0.3) is 0 Å². The Morgan fingerprint density at radius 1 is 0.594 bits per heavy atom. The highest BCUT2D eigenvalue weighted by atomic mass is 19.1. The summed E-state index contributed by atoms with van der Waals surface area (Å²) in [5.74, 6) is 8.40. The number of halogens is 2. The highest BCUT2D eigenvalue weighted by molar-refractivity contribution is 5.81. The molecule has 10 unspecified atom stereocenters. The lowest BCUT2D eigenvalue weighted by Crippen LogP contribution is -2.33. The molecule has 162 valence electrons. The molecule has 0 radical (unpaired) electrons. The number of rotatable bonds is 0. The van der Waals surface area contributed by atoms with E-state index in [9.17, 15) is 8.78 Å². The molecule has 2 aromatic carbocycles. The third-order valence-electron chi connectivity index (χ3n) is 11.9. The first kappa shape index (κ1) is 17.5. The van der Waals surface area contributed by atoms with Crippen LogP contribution >= 0.6 is 0 Å². The zero-order valence-electron chi connectivity index (χ0n) is 18.2. The van der Waals surface area contributed by atoms with E-state index in [2.05, 4.69) is 12.2 Å². The Bertz CT molecular complexity index is 1170. The lowest BCUT2D eigenvalue weighted by molar-refractivity contribution is 0.102. The summed E-state index contributed by atoms with van der Waals surface area (Å²) in [5, 5.41) is 0. The van der Waals surface area contributed by atoms with E-state index < -0.39 is 0 Å². The molecule has 0 nitrogen and oxygen atoms in total. The van der Waals surface area contributed by atoms with Crippen molar-refractivity contribution in [1.29, 1.82) is 0 Å². The van der Waals surface area contributed by atoms with Gasteiger partial charge in [-0.25, -0.2) is 8.78 Å². The molecule has 0 aliphatic heterocycles. The van der Waals surface area contributed by atoms with Crippen LogP contribution in [-0.2, 0) is 5.41 Å². The van der Waals surface area contributed by atoms with Gasteiger partial charge in [-0.05, 0) is 138 Å². The summed E-state index contributed by atoms with van der Waals surface area (Å²) in [6, 6.07) is 10.6. The van der Waals surface area contributed by atoms with Crippen molar-refractivity contribution in [2.24, 2.45) is 59.2 Å². The van der Waals surface area contributed by atoms with Crippen LogP contribution in [0.2, 0.25) is 0 Å². The number of hydrogen-bond donors (Lipinski definition) is 0.